The number of fused-ring (bicyclic) bond motifs is 1. The average molecular weight is 346 g/mol. The molecule has 0 fully saturated rings. The molecular formula is C18H20BrNO. The van der Waals surface area contributed by atoms with Crippen LogP contribution in [0.15, 0.2) is 40.9 Å². The number of hydrogen-bond acceptors (Lipinski definition) is 2. The van der Waals surface area contributed by atoms with Gasteiger partial charge in [0.1, 0.15) is 5.75 Å². The van der Waals surface area contributed by atoms with Gasteiger partial charge in [0.05, 0.1) is 18.1 Å². The SMILES string of the molecule is CC(C)(C#N)CCCCOc1ccc2cc(Br)ccc2c1. The van der Waals surface area contributed by atoms with Crippen molar-refractivity contribution in [1.29, 1.82) is 5.26 Å². The highest BCUT2D eigenvalue weighted by Gasteiger charge is 2.15. The monoisotopic (exact) mass is 345 g/mol. The standard InChI is InChI=1S/C18H20BrNO/c1-18(2,13-20)9-3-4-10-21-17-8-6-14-11-16(19)7-5-15(14)12-17/h5-8,11-12H,3-4,9-10H2,1-2H3. The second kappa shape index (κ2) is 6.95. The number of hydrogen-bond donors (Lipinski definition) is 0. The molecule has 3 heteroatoms. The Morgan fingerprint density at radius 1 is 1.10 bits per heavy atom. The Kier molecular flexibility index (Phi) is 5.25. The summed E-state index contributed by atoms with van der Waals surface area (Å²) in [5.41, 5.74) is -0.226. The summed E-state index contributed by atoms with van der Waals surface area (Å²) in [5, 5.41) is 11.3. The van der Waals surface area contributed by atoms with E-state index in [2.05, 4.69) is 46.3 Å². The van der Waals surface area contributed by atoms with Gasteiger partial charge in [0.2, 0.25) is 0 Å². The van der Waals surface area contributed by atoms with E-state index >= 15 is 0 Å². The van der Waals surface area contributed by atoms with Crippen molar-refractivity contribution in [1.82, 2.24) is 0 Å². The number of rotatable bonds is 6. The molecule has 2 aromatic carbocycles. The van der Waals surface area contributed by atoms with Crippen molar-refractivity contribution in [2.24, 2.45) is 5.41 Å². The third kappa shape index (κ3) is 4.75. The minimum absolute atomic E-state index is 0.226. The van der Waals surface area contributed by atoms with E-state index in [4.69, 9.17) is 10.00 Å². The Hall–Kier alpha value is -1.53. The molecule has 0 bridgehead atoms. The molecule has 0 aliphatic carbocycles. The first-order valence-electron chi connectivity index (χ1n) is 7.24. The Morgan fingerprint density at radius 3 is 2.57 bits per heavy atom. The van der Waals surface area contributed by atoms with E-state index in [1.165, 1.54) is 10.8 Å². The van der Waals surface area contributed by atoms with Gasteiger partial charge in [-0.05, 0) is 68.1 Å². The number of halogens is 1. The molecule has 0 unspecified atom stereocenters. The minimum Gasteiger partial charge on any atom is -0.494 e. The summed E-state index contributed by atoms with van der Waals surface area (Å²) in [7, 11) is 0. The normalized spacial score (nSPS) is 11.3. The van der Waals surface area contributed by atoms with Crippen LogP contribution in [0.3, 0.4) is 0 Å². The molecule has 0 saturated heterocycles. The molecule has 21 heavy (non-hydrogen) atoms. The van der Waals surface area contributed by atoms with Crippen LogP contribution in [0.2, 0.25) is 0 Å². The van der Waals surface area contributed by atoms with Crippen molar-refractivity contribution in [3.63, 3.8) is 0 Å². The largest absolute Gasteiger partial charge is 0.494 e. The van der Waals surface area contributed by atoms with Gasteiger partial charge in [0.25, 0.3) is 0 Å². The zero-order valence-corrected chi connectivity index (χ0v) is 14.1. The maximum Gasteiger partial charge on any atom is 0.119 e. The Labute approximate surface area is 134 Å². The van der Waals surface area contributed by atoms with Crippen LogP contribution in [0.25, 0.3) is 10.8 Å². The Morgan fingerprint density at radius 2 is 1.81 bits per heavy atom. The predicted molar refractivity (Wildman–Crippen MR) is 90.4 cm³/mol. The van der Waals surface area contributed by atoms with Gasteiger partial charge in [-0.25, -0.2) is 0 Å². The van der Waals surface area contributed by atoms with E-state index < -0.39 is 0 Å². The zero-order chi connectivity index (χ0) is 15.3. The van der Waals surface area contributed by atoms with Gasteiger partial charge in [-0.15, -0.1) is 0 Å². The highest BCUT2D eigenvalue weighted by atomic mass is 79.9. The van der Waals surface area contributed by atoms with E-state index in [-0.39, 0.29) is 5.41 Å². The van der Waals surface area contributed by atoms with Gasteiger partial charge in [0.15, 0.2) is 0 Å². The molecule has 2 aromatic rings. The van der Waals surface area contributed by atoms with Crippen LogP contribution in [0.5, 0.6) is 5.75 Å². The molecule has 0 N–H and O–H groups in total. The van der Waals surface area contributed by atoms with Crippen LogP contribution in [-0.2, 0) is 0 Å². The van der Waals surface area contributed by atoms with Gasteiger partial charge in [-0.3, -0.25) is 0 Å². The lowest BCUT2D eigenvalue weighted by molar-refractivity contribution is 0.295. The van der Waals surface area contributed by atoms with Crippen LogP contribution in [0.4, 0.5) is 0 Å². The first-order valence-corrected chi connectivity index (χ1v) is 8.03. The molecule has 0 atom stereocenters. The molecule has 0 aliphatic heterocycles. The fourth-order valence-electron chi connectivity index (χ4n) is 2.20. The predicted octanol–water partition coefficient (Wildman–Crippen LogP) is 5.70. The van der Waals surface area contributed by atoms with Crippen molar-refractivity contribution in [3.05, 3.63) is 40.9 Å². The first-order chi connectivity index (χ1) is 10.00. The van der Waals surface area contributed by atoms with Crippen molar-refractivity contribution >= 4 is 26.7 Å². The molecule has 0 amide bonds. The smallest absolute Gasteiger partial charge is 0.119 e. The lowest BCUT2D eigenvalue weighted by Gasteiger charge is -2.14. The van der Waals surface area contributed by atoms with Gasteiger partial charge >= 0.3 is 0 Å². The van der Waals surface area contributed by atoms with Crippen LogP contribution in [0.1, 0.15) is 33.1 Å². The van der Waals surface area contributed by atoms with Gasteiger partial charge in [-0.1, -0.05) is 28.1 Å². The fraction of sp³-hybridized carbons (Fsp3) is 0.389. The molecule has 0 radical (unpaired) electrons. The quantitative estimate of drug-likeness (QED) is 0.629. The second-order valence-electron chi connectivity index (χ2n) is 5.95. The number of unbranched alkanes of at least 4 members (excludes halogenated alkanes) is 1. The third-order valence-electron chi connectivity index (χ3n) is 3.54. The summed E-state index contributed by atoms with van der Waals surface area (Å²) in [6, 6.07) is 14.7. The molecule has 2 nitrogen and oxygen atoms in total. The van der Waals surface area contributed by atoms with E-state index in [1.54, 1.807) is 0 Å². The third-order valence-corrected chi connectivity index (χ3v) is 4.03. The topological polar surface area (TPSA) is 33.0 Å². The molecule has 0 heterocycles. The molecule has 0 aromatic heterocycles. The van der Waals surface area contributed by atoms with Crippen molar-refractivity contribution in [2.45, 2.75) is 33.1 Å². The van der Waals surface area contributed by atoms with Crippen LogP contribution < -0.4 is 4.74 Å². The van der Waals surface area contributed by atoms with Gasteiger partial charge in [0, 0.05) is 4.47 Å². The van der Waals surface area contributed by atoms with Crippen LogP contribution in [0, 0.1) is 16.7 Å². The minimum atomic E-state index is -0.226. The van der Waals surface area contributed by atoms with E-state index in [9.17, 15) is 0 Å². The number of nitriles is 1. The first kappa shape index (κ1) is 15.9. The number of nitrogens with zero attached hydrogens (tertiary/aromatic N) is 1. The average Bonchev–Trinajstić information content (AvgIpc) is 2.47. The van der Waals surface area contributed by atoms with E-state index in [0.717, 1.165) is 29.5 Å². The lowest BCUT2D eigenvalue weighted by atomic mass is 9.89. The Balaban J connectivity index is 1.84. The van der Waals surface area contributed by atoms with Crippen LogP contribution in [-0.4, -0.2) is 6.61 Å². The molecule has 0 saturated carbocycles. The highest BCUT2D eigenvalue weighted by molar-refractivity contribution is 9.10. The number of ether oxygens (including phenoxy) is 1. The summed E-state index contributed by atoms with van der Waals surface area (Å²) in [4.78, 5) is 0. The maximum absolute atomic E-state index is 8.96. The maximum atomic E-state index is 8.96. The molecule has 2 rings (SSSR count). The molecule has 110 valence electrons. The van der Waals surface area contributed by atoms with Crippen LogP contribution >= 0.6 is 15.9 Å². The molecule has 0 aliphatic rings. The zero-order valence-electron chi connectivity index (χ0n) is 12.5. The molecular weight excluding hydrogens is 326 g/mol. The summed E-state index contributed by atoms with van der Waals surface area (Å²) >= 11 is 3.48. The Bertz CT molecular complexity index is 658. The number of benzene rings is 2. The fourth-order valence-corrected chi connectivity index (χ4v) is 2.58. The second-order valence-corrected chi connectivity index (χ2v) is 6.87. The van der Waals surface area contributed by atoms with E-state index in [0.29, 0.717) is 6.61 Å². The van der Waals surface area contributed by atoms with E-state index in [1.807, 2.05) is 26.0 Å². The summed E-state index contributed by atoms with van der Waals surface area (Å²) < 4.78 is 6.88. The van der Waals surface area contributed by atoms with Crippen molar-refractivity contribution < 1.29 is 4.74 Å². The highest BCUT2D eigenvalue weighted by Crippen LogP contribution is 2.25. The van der Waals surface area contributed by atoms with Crippen molar-refractivity contribution in [2.75, 3.05) is 6.61 Å². The van der Waals surface area contributed by atoms with Crippen molar-refractivity contribution in [3.8, 4) is 11.8 Å². The van der Waals surface area contributed by atoms with Gasteiger partial charge in [-0.2, -0.15) is 5.26 Å². The van der Waals surface area contributed by atoms with Gasteiger partial charge < -0.3 is 4.74 Å². The summed E-state index contributed by atoms with van der Waals surface area (Å²) in [5.74, 6) is 0.907. The molecule has 0 spiro atoms. The summed E-state index contributed by atoms with van der Waals surface area (Å²) in [6.45, 7) is 4.66. The lowest BCUT2D eigenvalue weighted by Crippen LogP contribution is -2.08. The summed E-state index contributed by atoms with van der Waals surface area (Å²) in [6.07, 6.45) is 2.91.